The van der Waals surface area contributed by atoms with E-state index in [1.165, 1.54) is 12.1 Å². The Bertz CT molecular complexity index is 2330. The monoisotopic (exact) mass is 790 g/mol. The lowest BCUT2D eigenvalue weighted by Gasteiger charge is -2.51. The molecule has 2 saturated heterocycles. The molecule has 3 fully saturated rings. The minimum absolute atomic E-state index is 0.0472. The molecule has 54 heavy (non-hydrogen) atoms. The van der Waals surface area contributed by atoms with Crippen molar-refractivity contribution in [3.05, 3.63) is 113 Å². The molecule has 6 unspecified atom stereocenters. The van der Waals surface area contributed by atoms with Crippen molar-refractivity contribution in [1.82, 2.24) is 0 Å². The molecule has 4 amide bonds. The van der Waals surface area contributed by atoms with Gasteiger partial charge in [0.1, 0.15) is 11.6 Å². The van der Waals surface area contributed by atoms with Crippen LogP contribution < -0.4 is 9.80 Å². The second kappa shape index (κ2) is 11.8. The predicted molar refractivity (Wildman–Crippen MR) is 181 cm³/mol. The number of amides is 4. The fraction of sp³-hybridized carbons (Fsp3) is 0.263. The number of benzene rings is 4. The van der Waals surface area contributed by atoms with Crippen LogP contribution in [0, 0.1) is 23.6 Å². The highest BCUT2D eigenvalue weighted by atomic mass is 35.5. The van der Waals surface area contributed by atoms with Crippen LogP contribution in [-0.4, -0.2) is 38.5 Å². The SMILES string of the molecule is O=C1C2CC=C3C(CC4(Cl)C(=O)N(c5ccc(F)cc5)C(=O)C4(Cl)C3c3c(O)ccc4ccccc34)C2C(=O)N1c1cc(C(F)(F)F)cc(C(F)(F)F)c1. The van der Waals surface area contributed by atoms with Crippen molar-refractivity contribution >= 4 is 69.0 Å². The van der Waals surface area contributed by atoms with E-state index < -0.39 is 98.5 Å². The summed E-state index contributed by atoms with van der Waals surface area (Å²) in [6.07, 6.45) is -9.91. The van der Waals surface area contributed by atoms with Crippen molar-refractivity contribution < 1.29 is 55.0 Å². The first-order chi connectivity index (χ1) is 25.3. The van der Waals surface area contributed by atoms with Crippen LogP contribution in [0.25, 0.3) is 10.8 Å². The normalized spacial score (nSPS) is 28.4. The van der Waals surface area contributed by atoms with Gasteiger partial charge >= 0.3 is 12.4 Å². The molecule has 4 aliphatic rings. The molecule has 2 heterocycles. The molecule has 278 valence electrons. The van der Waals surface area contributed by atoms with Crippen LogP contribution in [0.15, 0.2) is 90.5 Å². The Kier molecular flexibility index (Phi) is 7.86. The van der Waals surface area contributed by atoms with Crippen LogP contribution in [0.4, 0.5) is 42.1 Å². The van der Waals surface area contributed by atoms with E-state index in [4.69, 9.17) is 23.2 Å². The van der Waals surface area contributed by atoms with Gasteiger partial charge in [0.05, 0.1) is 34.3 Å². The minimum Gasteiger partial charge on any atom is -0.508 e. The summed E-state index contributed by atoms with van der Waals surface area (Å²) in [5.74, 6) is -10.9. The van der Waals surface area contributed by atoms with Gasteiger partial charge in [-0.05, 0) is 78.1 Å². The highest BCUT2D eigenvalue weighted by Gasteiger charge is 2.77. The number of anilines is 2. The number of alkyl halides is 8. The lowest BCUT2D eigenvalue weighted by molar-refractivity contribution is -0.143. The van der Waals surface area contributed by atoms with Gasteiger partial charge in [0.2, 0.25) is 11.8 Å². The number of hydrogen-bond acceptors (Lipinski definition) is 5. The second-order valence-electron chi connectivity index (χ2n) is 13.7. The zero-order valence-corrected chi connectivity index (χ0v) is 28.7. The van der Waals surface area contributed by atoms with Crippen LogP contribution >= 0.6 is 23.2 Å². The number of halogens is 9. The van der Waals surface area contributed by atoms with Crippen molar-refractivity contribution in [2.24, 2.45) is 17.8 Å². The summed E-state index contributed by atoms with van der Waals surface area (Å²) in [7, 11) is 0. The van der Waals surface area contributed by atoms with Gasteiger partial charge in [-0.15, -0.1) is 23.2 Å². The highest BCUT2D eigenvalue weighted by Crippen LogP contribution is 2.67. The Hall–Kier alpha value is -4.95. The first kappa shape index (κ1) is 36.0. The molecule has 2 aliphatic heterocycles. The average Bonchev–Trinajstić information content (AvgIpc) is 3.45. The number of rotatable bonds is 3. The van der Waals surface area contributed by atoms with Crippen LogP contribution in [0.2, 0.25) is 0 Å². The standard InChI is InChI=1S/C38H23Cl2F7N2O5/c39-35-16-26-24(10-11-25-28(26)32(52)48(31(25)51)22-14-18(37(42,43)44)13-19(15-22)38(45,46)47)30(29-23-4-2-1-3-17(23)5-12-27(29)50)36(35,40)34(54)49(33(35)53)21-8-6-20(41)7-9-21/h1-10,12-15,25-26,28,30,50H,11,16H2. The van der Waals surface area contributed by atoms with E-state index in [1.807, 2.05) is 0 Å². The molecule has 1 saturated carbocycles. The summed E-state index contributed by atoms with van der Waals surface area (Å²) in [5, 5.41) is 12.4. The van der Waals surface area contributed by atoms with E-state index in [9.17, 15) is 55.0 Å². The third-order valence-electron chi connectivity index (χ3n) is 11.0. The van der Waals surface area contributed by atoms with Gasteiger partial charge in [-0.1, -0.05) is 42.0 Å². The molecule has 1 N–H and O–H groups in total. The quantitative estimate of drug-likeness (QED) is 0.0973. The van der Waals surface area contributed by atoms with Crippen molar-refractivity contribution in [2.45, 2.75) is 40.9 Å². The molecular formula is C38H23Cl2F7N2O5. The number of fused-ring (bicyclic) bond motifs is 5. The molecule has 0 bridgehead atoms. The average molecular weight is 792 g/mol. The van der Waals surface area contributed by atoms with Crippen molar-refractivity contribution in [3.8, 4) is 5.75 Å². The Morgan fingerprint density at radius 2 is 1.35 bits per heavy atom. The van der Waals surface area contributed by atoms with E-state index >= 15 is 0 Å². The molecular weight excluding hydrogens is 768 g/mol. The molecule has 0 aromatic heterocycles. The van der Waals surface area contributed by atoms with Gasteiger partial charge in [0, 0.05) is 11.5 Å². The zero-order valence-electron chi connectivity index (χ0n) is 27.2. The highest BCUT2D eigenvalue weighted by molar-refractivity contribution is 6.58. The molecule has 16 heteroatoms. The van der Waals surface area contributed by atoms with Gasteiger partial charge in [-0.2, -0.15) is 26.3 Å². The summed E-state index contributed by atoms with van der Waals surface area (Å²) in [6.45, 7) is 0. The maximum atomic E-state index is 14.6. The van der Waals surface area contributed by atoms with E-state index in [-0.39, 0.29) is 52.1 Å². The zero-order chi connectivity index (χ0) is 38.9. The number of phenolic OH excluding ortho intramolecular Hbond substituents is 1. The van der Waals surface area contributed by atoms with Crippen molar-refractivity contribution in [3.63, 3.8) is 0 Å². The van der Waals surface area contributed by atoms with Crippen LogP contribution in [0.3, 0.4) is 0 Å². The van der Waals surface area contributed by atoms with Gasteiger partial charge < -0.3 is 5.11 Å². The first-order valence-electron chi connectivity index (χ1n) is 16.4. The largest absolute Gasteiger partial charge is 0.508 e. The Morgan fingerprint density at radius 3 is 1.98 bits per heavy atom. The maximum Gasteiger partial charge on any atom is 0.416 e. The van der Waals surface area contributed by atoms with Crippen molar-refractivity contribution in [1.29, 1.82) is 0 Å². The Labute approximate surface area is 310 Å². The number of nitrogens with zero attached hydrogens (tertiary/aromatic N) is 2. The molecule has 0 spiro atoms. The third-order valence-corrected chi connectivity index (χ3v) is 12.4. The van der Waals surface area contributed by atoms with Crippen molar-refractivity contribution in [2.75, 3.05) is 9.80 Å². The summed E-state index contributed by atoms with van der Waals surface area (Å²) in [6, 6.07) is 14.3. The number of hydrogen-bond donors (Lipinski definition) is 1. The second-order valence-corrected chi connectivity index (χ2v) is 15.0. The van der Waals surface area contributed by atoms with Crippen LogP contribution in [-0.2, 0) is 31.5 Å². The minimum atomic E-state index is -5.28. The van der Waals surface area contributed by atoms with Crippen LogP contribution in [0.1, 0.15) is 35.4 Å². The first-order valence-corrected chi connectivity index (χ1v) is 17.1. The summed E-state index contributed by atoms with van der Waals surface area (Å²) < 4.78 is 97.0. The number of imide groups is 2. The molecule has 4 aromatic carbocycles. The topological polar surface area (TPSA) is 95.0 Å². The number of aromatic hydroxyl groups is 1. The molecule has 4 aromatic rings. The number of carbonyl (C=O) groups is 4. The molecule has 2 aliphatic carbocycles. The van der Waals surface area contributed by atoms with Crippen LogP contribution in [0.5, 0.6) is 5.75 Å². The number of allylic oxidation sites excluding steroid dienone is 2. The molecule has 8 rings (SSSR count). The third kappa shape index (κ3) is 4.94. The lowest BCUT2D eigenvalue weighted by Crippen LogP contribution is -2.60. The van der Waals surface area contributed by atoms with E-state index in [1.54, 1.807) is 30.3 Å². The Balaban J connectivity index is 1.32. The van der Waals surface area contributed by atoms with Gasteiger partial charge in [-0.25, -0.2) is 14.2 Å². The van der Waals surface area contributed by atoms with Gasteiger partial charge in [0.15, 0.2) is 9.75 Å². The number of phenols is 1. The molecule has 0 radical (unpaired) electrons. The Morgan fingerprint density at radius 1 is 0.722 bits per heavy atom. The van der Waals surface area contributed by atoms with E-state index in [0.717, 1.165) is 24.3 Å². The fourth-order valence-corrected chi connectivity index (χ4v) is 9.54. The molecule has 6 atom stereocenters. The molecule has 7 nitrogen and oxygen atoms in total. The van der Waals surface area contributed by atoms with E-state index in [0.29, 0.717) is 15.7 Å². The smallest absolute Gasteiger partial charge is 0.416 e. The predicted octanol–water partition coefficient (Wildman–Crippen LogP) is 8.49. The van der Waals surface area contributed by atoms with E-state index in [2.05, 4.69) is 0 Å². The fourth-order valence-electron chi connectivity index (χ4n) is 8.63. The van der Waals surface area contributed by atoms with Gasteiger partial charge in [0.25, 0.3) is 11.8 Å². The maximum absolute atomic E-state index is 14.6. The number of carbonyl (C=O) groups excluding carboxylic acids is 4. The van der Waals surface area contributed by atoms with Gasteiger partial charge in [-0.3, -0.25) is 19.2 Å². The summed E-state index contributed by atoms with van der Waals surface area (Å²) in [4.78, 5) is 53.6. The lowest BCUT2D eigenvalue weighted by atomic mass is 9.56. The summed E-state index contributed by atoms with van der Waals surface area (Å²) >= 11 is 14.7. The summed E-state index contributed by atoms with van der Waals surface area (Å²) in [5.41, 5.74) is -4.28.